The topological polar surface area (TPSA) is 75.6 Å². The molecule has 0 aromatic heterocycles. The molecular formula is C15H19NO4. The van der Waals surface area contributed by atoms with Crippen molar-refractivity contribution in [1.82, 2.24) is 5.32 Å². The molecule has 0 saturated heterocycles. The van der Waals surface area contributed by atoms with Gasteiger partial charge in [0.15, 0.2) is 0 Å². The monoisotopic (exact) mass is 277 g/mol. The Morgan fingerprint density at radius 2 is 2.05 bits per heavy atom. The van der Waals surface area contributed by atoms with Crippen LogP contribution in [0.1, 0.15) is 12.5 Å². The fourth-order valence-corrected chi connectivity index (χ4v) is 1.63. The van der Waals surface area contributed by atoms with E-state index >= 15 is 0 Å². The van der Waals surface area contributed by atoms with Crippen LogP contribution < -0.4 is 5.32 Å². The quantitative estimate of drug-likeness (QED) is 0.751. The Kier molecular flexibility index (Phi) is 6.29. The fraction of sp³-hybridized carbons (Fsp3) is 0.333. The Balaban J connectivity index is 2.38. The third-order valence-electron chi connectivity index (χ3n) is 3.00. The van der Waals surface area contributed by atoms with E-state index in [0.29, 0.717) is 0 Å². The fourth-order valence-electron chi connectivity index (χ4n) is 1.63. The molecule has 1 aromatic rings. The SMILES string of the molecule is C=CC(C)C(CNC(=O)OCc1ccccc1)C(=O)O. The minimum absolute atomic E-state index is 0.0101. The van der Waals surface area contributed by atoms with Crippen molar-refractivity contribution >= 4 is 12.1 Å². The van der Waals surface area contributed by atoms with Gasteiger partial charge in [0, 0.05) is 6.54 Å². The molecule has 0 aliphatic heterocycles. The molecule has 20 heavy (non-hydrogen) atoms. The lowest BCUT2D eigenvalue weighted by molar-refractivity contribution is -0.142. The number of hydrogen-bond acceptors (Lipinski definition) is 3. The highest BCUT2D eigenvalue weighted by Crippen LogP contribution is 2.12. The van der Waals surface area contributed by atoms with Crippen LogP contribution in [0.25, 0.3) is 0 Å². The molecule has 0 fully saturated rings. The molecule has 5 heteroatoms. The number of ether oxygens (including phenoxy) is 1. The molecule has 1 aromatic carbocycles. The summed E-state index contributed by atoms with van der Waals surface area (Å²) in [5, 5.41) is 11.5. The lowest BCUT2D eigenvalue weighted by Gasteiger charge is -2.17. The molecule has 5 nitrogen and oxygen atoms in total. The van der Waals surface area contributed by atoms with Gasteiger partial charge in [-0.25, -0.2) is 4.79 Å². The number of alkyl carbamates (subject to hydrolysis) is 1. The summed E-state index contributed by atoms with van der Waals surface area (Å²) < 4.78 is 5.00. The number of benzene rings is 1. The lowest BCUT2D eigenvalue weighted by Crippen LogP contribution is -2.36. The van der Waals surface area contributed by atoms with Crippen LogP contribution in [-0.4, -0.2) is 23.7 Å². The number of aliphatic carboxylic acids is 1. The maximum atomic E-state index is 11.5. The normalized spacial score (nSPS) is 13.1. The van der Waals surface area contributed by atoms with Crippen LogP contribution in [-0.2, 0) is 16.1 Å². The van der Waals surface area contributed by atoms with Crippen molar-refractivity contribution in [3.63, 3.8) is 0 Å². The first-order valence-corrected chi connectivity index (χ1v) is 6.34. The summed E-state index contributed by atoms with van der Waals surface area (Å²) in [5.74, 6) is -1.92. The van der Waals surface area contributed by atoms with Crippen LogP contribution in [0.15, 0.2) is 43.0 Å². The summed E-state index contributed by atoms with van der Waals surface area (Å²) in [6.45, 7) is 5.46. The summed E-state index contributed by atoms with van der Waals surface area (Å²) in [5.41, 5.74) is 0.872. The van der Waals surface area contributed by atoms with Crippen LogP contribution in [0.5, 0.6) is 0 Å². The first-order chi connectivity index (χ1) is 9.54. The Bertz CT molecular complexity index is 458. The van der Waals surface area contributed by atoms with Gasteiger partial charge in [-0.1, -0.05) is 43.3 Å². The predicted octanol–water partition coefficient (Wildman–Crippen LogP) is 2.44. The van der Waals surface area contributed by atoms with Gasteiger partial charge in [0.2, 0.25) is 0 Å². The van der Waals surface area contributed by atoms with Crippen molar-refractivity contribution < 1.29 is 19.4 Å². The van der Waals surface area contributed by atoms with Crippen LogP contribution >= 0.6 is 0 Å². The number of carboxylic acid groups (broad SMARTS) is 1. The zero-order valence-electron chi connectivity index (χ0n) is 11.4. The van der Waals surface area contributed by atoms with Gasteiger partial charge >= 0.3 is 12.1 Å². The van der Waals surface area contributed by atoms with Crippen molar-refractivity contribution in [2.45, 2.75) is 13.5 Å². The van der Waals surface area contributed by atoms with Gasteiger partial charge in [-0.15, -0.1) is 6.58 Å². The van der Waals surface area contributed by atoms with Gasteiger partial charge in [0.1, 0.15) is 6.61 Å². The van der Waals surface area contributed by atoms with Gasteiger partial charge in [-0.3, -0.25) is 4.79 Å². The number of carbonyl (C=O) groups excluding carboxylic acids is 1. The van der Waals surface area contributed by atoms with Crippen molar-refractivity contribution in [3.8, 4) is 0 Å². The minimum Gasteiger partial charge on any atom is -0.481 e. The Hall–Kier alpha value is -2.30. The molecule has 0 aliphatic rings. The largest absolute Gasteiger partial charge is 0.481 e. The molecule has 1 amide bonds. The van der Waals surface area contributed by atoms with Gasteiger partial charge in [0.25, 0.3) is 0 Å². The van der Waals surface area contributed by atoms with E-state index in [9.17, 15) is 9.59 Å². The van der Waals surface area contributed by atoms with Gasteiger partial charge in [-0.2, -0.15) is 0 Å². The summed E-state index contributed by atoms with van der Waals surface area (Å²) in [6, 6.07) is 9.25. The second-order valence-corrected chi connectivity index (χ2v) is 4.48. The average Bonchev–Trinajstić information content (AvgIpc) is 2.45. The molecule has 2 N–H and O–H groups in total. The minimum atomic E-state index is -0.972. The van der Waals surface area contributed by atoms with Crippen molar-refractivity contribution in [2.24, 2.45) is 11.8 Å². The van der Waals surface area contributed by atoms with Crippen LogP contribution in [0.2, 0.25) is 0 Å². The number of carboxylic acids is 1. The molecule has 0 heterocycles. The Morgan fingerprint density at radius 1 is 1.40 bits per heavy atom. The first-order valence-electron chi connectivity index (χ1n) is 6.34. The molecule has 2 atom stereocenters. The van der Waals surface area contributed by atoms with E-state index < -0.39 is 18.0 Å². The third kappa shape index (κ3) is 5.14. The second-order valence-electron chi connectivity index (χ2n) is 4.48. The number of amides is 1. The zero-order valence-corrected chi connectivity index (χ0v) is 11.4. The maximum Gasteiger partial charge on any atom is 0.407 e. The predicted molar refractivity (Wildman–Crippen MR) is 75.1 cm³/mol. The molecule has 1 rings (SSSR count). The Morgan fingerprint density at radius 3 is 2.60 bits per heavy atom. The van der Waals surface area contributed by atoms with Gasteiger partial charge in [-0.05, 0) is 11.5 Å². The van der Waals surface area contributed by atoms with Crippen LogP contribution in [0, 0.1) is 11.8 Å². The standard InChI is InChI=1S/C15H19NO4/c1-3-11(2)13(14(17)18)9-16-15(19)20-10-12-7-5-4-6-8-12/h3-8,11,13H,1,9-10H2,2H3,(H,16,19)(H,17,18). The van der Waals surface area contributed by atoms with Crippen molar-refractivity contribution in [1.29, 1.82) is 0 Å². The van der Waals surface area contributed by atoms with Crippen LogP contribution in [0.4, 0.5) is 4.79 Å². The summed E-state index contributed by atoms with van der Waals surface area (Å²) in [6.07, 6.45) is 0.923. The summed E-state index contributed by atoms with van der Waals surface area (Å²) >= 11 is 0. The van der Waals surface area contributed by atoms with E-state index in [1.165, 1.54) is 0 Å². The van der Waals surface area contributed by atoms with E-state index in [1.807, 2.05) is 30.3 Å². The van der Waals surface area contributed by atoms with Crippen molar-refractivity contribution in [2.75, 3.05) is 6.54 Å². The highest BCUT2D eigenvalue weighted by atomic mass is 16.5. The number of carbonyl (C=O) groups is 2. The number of rotatable bonds is 7. The van der Waals surface area contributed by atoms with Crippen molar-refractivity contribution in [3.05, 3.63) is 48.6 Å². The molecule has 0 radical (unpaired) electrons. The number of hydrogen-bond donors (Lipinski definition) is 2. The van der Waals surface area contributed by atoms with Gasteiger partial charge in [0.05, 0.1) is 5.92 Å². The lowest BCUT2D eigenvalue weighted by atomic mass is 9.94. The highest BCUT2D eigenvalue weighted by Gasteiger charge is 2.23. The molecule has 108 valence electrons. The molecule has 0 saturated carbocycles. The number of allylic oxidation sites excluding steroid dienone is 1. The highest BCUT2D eigenvalue weighted by molar-refractivity contribution is 5.73. The van der Waals surface area contributed by atoms with Crippen LogP contribution in [0.3, 0.4) is 0 Å². The number of nitrogens with one attached hydrogen (secondary N) is 1. The van der Waals surface area contributed by atoms with Gasteiger partial charge < -0.3 is 15.2 Å². The average molecular weight is 277 g/mol. The zero-order chi connectivity index (χ0) is 15.0. The van der Waals surface area contributed by atoms with E-state index in [4.69, 9.17) is 9.84 Å². The van der Waals surface area contributed by atoms with E-state index in [2.05, 4.69) is 11.9 Å². The van der Waals surface area contributed by atoms with E-state index in [0.717, 1.165) is 5.56 Å². The third-order valence-corrected chi connectivity index (χ3v) is 3.00. The molecule has 0 aliphatic carbocycles. The molecular weight excluding hydrogens is 258 g/mol. The molecule has 2 unspecified atom stereocenters. The smallest absolute Gasteiger partial charge is 0.407 e. The Labute approximate surface area is 118 Å². The molecule has 0 bridgehead atoms. The maximum absolute atomic E-state index is 11.5. The summed E-state index contributed by atoms with van der Waals surface area (Å²) in [4.78, 5) is 22.6. The van der Waals surface area contributed by atoms with E-state index in [1.54, 1.807) is 13.0 Å². The second kappa shape index (κ2) is 7.99. The van der Waals surface area contributed by atoms with E-state index in [-0.39, 0.29) is 19.1 Å². The summed E-state index contributed by atoms with van der Waals surface area (Å²) in [7, 11) is 0. The first kappa shape index (κ1) is 15.8. The molecule has 0 spiro atoms.